The summed E-state index contributed by atoms with van der Waals surface area (Å²) in [7, 11) is 0. The van der Waals surface area contributed by atoms with Gasteiger partial charge < -0.3 is 5.32 Å². The van der Waals surface area contributed by atoms with Gasteiger partial charge in [-0.05, 0) is 18.6 Å². The molecule has 0 saturated heterocycles. The van der Waals surface area contributed by atoms with Crippen LogP contribution in [0.4, 0.5) is 0 Å². The monoisotopic (exact) mass is 203 g/mol. The predicted octanol–water partition coefficient (Wildman–Crippen LogP) is 1.70. The summed E-state index contributed by atoms with van der Waals surface area (Å²) in [5.41, 5.74) is 1.56. The fraction of sp³-hybridized carbons (Fsp3) is 0.273. The van der Waals surface area contributed by atoms with Crippen molar-refractivity contribution in [1.82, 2.24) is 15.5 Å². The summed E-state index contributed by atoms with van der Waals surface area (Å²) in [5.74, 6) is -0.0381. The minimum Gasteiger partial charge on any atom is -0.352 e. The summed E-state index contributed by atoms with van der Waals surface area (Å²) in [6.45, 7) is 2.73. The van der Waals surface area contributed by atoms with Crippen LogP contribution in [0.5, 0.6) is 0 Å². The molecule has 0 bridgehead atoms. The van der Waals surface area contributed by atoms with E-state index < -0.39 is 0 Å². The van der Waals surface area contributed by atoms with E-state index >= 15 is 0 Å². The molecule has 0 unspecified atom stereocenters. The molecule has 0 fully saturated rings. The van der Waals surface area contributed by atoms with Gasteiger partial charge >= 0.3 is 0 Å². The molecule has 2 rings (SSSR count). The fourth-order valence-corrected chi connectivity index (χ4v) is 1.50. The Hall–Kier alpha value is -1.84. The van der Waals surface area contributed by atoms with Crippen LogP contribution in [-0.2, 0) is 0 Å². The highest BCUT2D eigenvalue weighted by molar-refractivity contribution is 6.05. The van der Waals surface area contributed by atoms with Gasteiger partial charge in [-0.2, -0.15) is 5.10 Å². The Morgan fingerprint density at radius 2 is 2.40 bits per heavy atom. The van der Waals surface area contributed by atoms with E-state index in [-0.39, 0.29) is 5.91 Å². The minimum absolute atomic E-state index is 0.0381. The maximum Gasteiger partial charge on any atom is 0.252 e. The van der Waals surface area contributed by atoms with Crippen molar-refractivity contribution in [1.29, 1.82) is 0 Å². The van der Waals surface area contributed by atoms with Crippen LogP contribution < -0.4 is 5.32 Å². The number of hydrogen-bond donors (Lipinski definition) is 2. The van der Waals surface area contributed by atoms with Gasteiger partial charge in [-0.1, -0.05) is 13.0 Å². The molecule has 0 aliphatic carbocycles. The standard InChI is InChI=1S/C11H13N3O/c1-2-6-12-11(15)8-4-3-5-10-9(8)7-13-14-10/h3-5,7H,2,6H2,1H3,(H,12,15)(H,13,14). The van der Waals surface area contributed by atoms with Gasteiger partial charge in [0.1, 0.15) is 0 Å². The molecule has 1 aromatic heterocycles. The van der Waals surface area contributed by atoms with Crippen molar-refractivity contribution < 1.29 is 4.79 Å². The molecule has 0 spiro atoms. The highest BCUT2D eigenvalue weighted by Gasteiger charge is 2.09. The molecule has 0 radical (unpaired) electrons. The molecular formula is C11H13N3O. The van der Waals surface area contributed by atoms with Gasteiger partial charge in [-0.25, -0.2) is 0 Å². The van der Waals surface area contributed by atoms with E-state index in [1.165, 1.54) is 0 Å². The lowest BCUT2D eigenvalue weighted by Crippen LogP contribution is -2.24. The summed E-state index contributed by atoms with van der Waals surface area (Å²) < 4.78 is 0. The lowest BCUT2D eigenvalue weighted by atomic mass is 10.1. The number of carbonyl (C=O) groups is 1. The first-order chi connectivity index (χ1) is 7.33. The smallest absolute Gasteiger partial charge is 0.252 e. The molecule has 2 N–H and O–H groups in total. The summed E-state index contributed by atoms with van der Waals surface area (Å²) >= 11 is 0. The molecule has 0 atom stereocenters. The van der Waals surface area contributed by atoms with Crippen molar-refractivity contribution in [3.63, 3.8) is 0 Å². The molecule has 4 heteroatoms. The van der Waals surface area contributed by atoms with E-state index in [9.17, 15) is 4.79 Å². The zero-order valence-corrected chi connectivity index (χ0v) is 8.58. The number of H-pyrrole nitrogens is 1. The SMILES string of the molecule is CCCNC(=O)c1cccc2[nH]ncc12. The zero-order valence-electron chi connectivity index (χ0n) is 8.58. The highest BCUT2D eigenvalue weighted by Crippen LogP contribution is 2.15. The Morgan fingerprint density at radius 1 is 1.53 bits per heavy atom. The first kappa shape index (κ1) is 9.71. The molecule has 0 saturated carbocycles. The maximum absolute atomic E-state index is 11.8. The Balaban J connectivity index is 2.34. The lowest BCUT2D eigenvalue weighted by Gasteiger charge is -2.03. The molecule has 1 aromatic carbocycles. The van der Waals surface area contributed by atoms with Crippen LogP contribution in [0.25, 0.3) is 10.9 Å². The first-order valence-corrected chi connectivity index (χ1v) is 5.03. The first-order valence-electron chi connectivity index (χ1n) is 5.03. The van der Waals surface area contributed by atoms with E-state index in [1.807, 2.05) is 25.1 Å². The van der Waals surface area contributed by atoms with Crippen LogP contribution in [0, 0.1) is 0 Å². The largest absolute Gasteiger partial charge is 0.352 e. The number of rotatable bonds is 3. The second kappa shape index (κ2) is 4.13. The molecule has 1 heterocycles. The van der Waals surface area contributed by atoms with Gasteiger partial charge in [0.05, 0.1) is 17.3 Å². The Morgan fingerprint density at radius 3 is 3.20 bits per heavy atom. The quantitative estimate of drug-likeness (QED) is 0.797. The molecule has 0 aliphatic rings. The van der Waals surface area contributed by atoms with Crippen LogP contribution in [0.1, 0.15) is 23.7 Å². The van der Waals surface area contributed by atoms with Gasteiger partial charge in [0, 0.05) is 11.9 Å². The number of nitrogens with zero attached hydrogens (tertiary/aromatic N) is 1. The molecule has 2 aromatic rings. The molecule has 1 amide bonds. The maximum atomic E-state index is 11.8. The Bertz CT molecular complexity index is 475. The summed E-state index contributed by atoms with van der Waals surface area (Å²) in [6, 6.07) is 5.56. The van der Waals surface area contributed by atoms with Crippen LogP contribution in [0.2, 0.25) is 0 Å². The number of fused-ring (bicyclic) bond motifs is 1. The van der Waals surface area contributed by atoms with Crippen LogP contribution in [0.15, 0.2) is 24.4 Å². The van der Waals surface area contributed by atoms with Crippen molar-refractivity contribution in [3.05, 3.63) is 30.0 Å². The molecular weight excluding hydrogens is 190 g/mol. The minimum atomic E-state index is -0.0381. The third-order valence-electron chi connectivity index (χ3n) is 2.26. The van der Waals surface area contributed by atoms with Gasteiger partial charge in [-0.3, -0.25) is 9.89 Å². The number of aromatic nitrogens is 2. The van der Waals surface area contributed by atoms with E-state index in [2.05, 4.69) is 15.5 Å². The van der Waals surface area contributed by atoms with E-state index in [0.29, 0.717) is 12.1 Å². The average molecular weight is 203 g/mol. The zero-order chi connectivity index (χ0) is 10.7. The van der Waals surface area contributed by atoms with Gasteiger partial charge in [0.25, 0.3) is 5.91 Å². The molecule has 4 nitrogen and oxygen atoms in total. The number of carbonyl (C=O) groups excluding carboxylic acids is 1. The second-order valence-corrected chi connectivity index (χ2v) is 3.39. The van der Waals surface area contributed by atoms with E-state index in [0.717, 1.165) is 17.3 Å². The molecule has 0 aliphatic heterocycles. The van der Waals surface area contributed by atoms with Crippen molar-refractivity contribution in [2.45, 2.75) is 13.3 Å². The number of hydrogen-bond acceptors (Lipinski definition) is 2. The second-order valence-electron chi connectivity index (χ2n) is 3.39. The van der Waals surface area contributed by atoms with Crippen LogP contribution >= 0.6 is 0 Å². The highest BCUT2D eigenvalue weighted by atomic mass is 16.1. The van der Waals surface area contributed by atoms with Crippen molar-refractivity contribution in [2.75, 3.05) is 6.54 Å². The lowest BCUT2D eigenvalue weighted by molar-refractivity contribution is 0.0955. The Labute approximate surface area is 87.7 Å². The third kappa shape index (κ3) is 1.83. The predicted molar refractivity (Wildman–Crippen MR) is 58.7 cm³/mol. The number of nitrogens with one attached hydrogen (secondary N) is 2. The van der Waals surface area contributed by atoms with E-state index in [1.54, 1.807) is 6.20 Å². The molecule has 78 valence electrons. The molecule has 15 heavy (non-hydrogen) atoms. The van der Waals surface area contributed by atoms with Crippen LogP contribution in [0.3, 0.4) is 0 Å². The van der Waals surface area contributed by atoms with Crippen molar-refractivity contribution in [3.8, 4) is 0 Å². The number of benzene rings is 1. The average Bonchev–Trinajstić information content (AvgIpc) is 2.73. The normalized spacial score (nSPS) is 10.5. The number of aromatic amines is 1. The summed E-state index contributed by atoms with van der Waals surface area (Å²) in [4.78, 5) is 11.8. The Kier molecular flexibility index (Phi) is 2.67. The topological polar surface area (TPSA) is 57.8 Å². The van der Waals surface area contributed by atoms with E-state index in [4.69, 9.17) is 0 Å². The van der Waals surface area contributed by atoms with Crippen LogP contribution in [-0.4, -0.2) is 22.6 Å². The summed E-state index contributed by atoms with van der Waals surface area (Å²) in [5, 5.41) is 10.5. The van der Waals surface area contributed by atoms with Gasteiger partial charge in [0.2, 0.25) is 0 Å². The third-order valence-corrected chi connectivity index (χ3v) is 2.26. The van der Waals surface area contributed by atoms with Crippen molar-refractivity contribution in [2.24, 2.45) is 0 Å². The van der Waals surface area contributed by atoms with Gasteiger partial charge in [-0.15, -0.1) is 0 Å². The summed E-state index contributed by atoms with van der Waals surface area (Å²) in [6.07, 6.45) is 2.61. The number of amides is 1. The van der Waals surface area contributed by atoms with Crippen molar-refractivity contribution >= 4 is 16.8 Å². The fourth-order valence-electron chi connectivity index (χ4n) is 1.50. The van der Waals surface area contributed by atoms with Gasteiger partial charge in [0.15, 0.2) is 0 Å².